The topological polar surface area (TPSA) is 119 Å². The van der Waals surface area contributed by atoms with E-state index in [1.165, 1.54) is 23.7 Å². The molecule has 0 saturated carbocycles. The molecule has 1 N–H and O–H groups in total. The third-order valence-corrected chi connectivity index (χ3v) is 8.23. The van der Waals surface area contributed by atoms with Crippen molar-refractivity contribution in [1.29, 1.82) is 0 Å². The minimum absolute atomic E-state index is 0.0605. The Morgan fingerprint density at radius 3 is 2.61 bits per heavy atom. The van der Waals surface area contributed by atoms with Crippen LogP contribution in [0.5, 0.6) is 0 Å². The zero-order valence-electron chi connectivity index (χ0n) is 20.8. The molecule has 0 aliphatic rings. The number of oxazole rings is 1. The normalized spacial score (nSPS) is 11.4. The summed E-state index contributed by atoms with van der Waals surface area (Å²) in [5, 5.41) is 7.48. The van der Waals surface area contributed by atoms with Crippen LogP contribution in [0.25, 0.3) is 22.6 Å². The summed E-state index contributed by atoms with van der Waals surface area (Å²) in [7, 11) is -2.34. The second-order valence-electron chi connectivity index (χ2n) is 8.71. The number of aryl methyl sites for hydroxylation is 1. The number of nitrogens with zero attached hydrogens (tertiary/aromatic N) is 3. The first kappa shape index (κ1) is 25.4. The maximum atomic E-state index is 13.5. The van der Waals surface area contributed by atoms with Crippen molar-refractivity contribution in [2.75, 3.05) is 11.8 Å². The number of sulfonamides is 1. The Labute approximate surface area is 223 Å². The Morgan fingerprint density at radius 1 is 1.11 bits per heavy atom. The van der Waals surface area contributed by atoms with Crippen LogP contribution in [0.1, 0.15) is 27.2 Å². The van der Waals surface area contributed by atoms with E-state index >= 15 is 0 Å². The summed E-state index contributed by atoms with van der Waals surface area (Å²) < 4.78 is 40.2. The van der Waals surface area contributed by atoms with Gasteiger partial charge in [0.1, 0.15) is 6.26 Å². The molecule has 11 heteroatoms. The van der Waals surface area contributed by atoms with E-state index in [-0.39, 0.29) is 23.2 Å². The Balaban J connectivity index is 1.59. The van der Waals surface area contributed by atoms with Crippen LogP contribution in [0.2, 0.25) is 0 Å². The number of hydrogen-bond acceptors (Lipinski definition) is 8. The molecule has 9 nitrogen and oxygen atoms in total. The van der Waals surface area contributed by atoms with Gasteiger partial charge in [0.05, 0.1) is 22.3 Å². The predicted octanol–water partition coefficient (Wildman–Crippen LogP) is 5.75. The van der Waals surface area contributed by atoms with Crippen molar-refractivity contribution < 1.29 is 22.2 Å². The van der Waals surface area contributed by atoms with Gasteiger partial charge in [-0.1, -0.05) is 29.4 Å². The molecule has 0 fully saturated rings. The molecule has 3 heterocycles. The molecule has 194 valence electrons. The minimum Gasteiger partial charge on any atom is -0.445 e. The highest BCUT2D eigenvalue weighted by molar-refractivity contribution is 7.92. The van der Waals surface area contributed by atoms with Gasteiger partial charge in [0.25, 0.3) is 15.9 Å². The first-order valence-electron chi connectivity index (χ1n) is 11.6. The Bertz CT molecular complexity index is 1690. The number of carbonyl (C=O) groups excluding carboxylic acids is 1. The summed E-state index contributed by atoms with van der Waals surface area (Å²) in [6.07, 6.45) is 3.03. The molecule has 3 aromatic heterocycles. The van der Waals surface area contributed by atoms with Gasteiger partial charge in [-0.25, -0.2) is 18.1 Å². The Kier molecular flexibility index (Phi) is 6.87. The molecule has 0 aliphatic carbocycles. The third kappa shape index (κ3) is 4.98. The van der Waals surface area contributed by atoms with Crippen molar-refractivity contribution in [3.63, 3.8) is 0 Å². The number of thiophene rings is 1. The molecule has 0 spiro atoms. The summed E-state index contributed by atoms with van der Waals surface area (Å²) in [6, 6.07) is 13.9. The van der Waals surface area contributed by atoms with Crippen molar-refractivity contribution in [2.45, 2.75) is 25.3 Å². The van der Waals surface area contributed by atoms with Crippen LogP contribution < -0.4 is 4.72 Å². The van der Waals surface area contributed by atoms with Crippen molar-refractivity contribution in [1.82, 2.24) is 15.0 Å². The van der Waals surface area contributed by atoms with Gasteiger partial charge < -0.3 is 13.8 Å². The summed E-state index contributed by atoms with van der Waals surface area (Å²) in [5.41, 5.74) is 4.34. The first-order chi connectivity index (χ1) is 18.2. The molecule has 0 bridgehead atoms. The zero-order valence-corrected chi connectivity index (χ0v) is 22.5. The number of anilines is 1. The third-order valence-electron chi connectivity index (χ3n) is 6.16. The Morgan fingerprint density at radius 2 is 1.92 bits per heavy atom. The Hall–Kier alpha value is -4.22. The molecule has 0 atom stereocenters. The maximum Gasteiger partial charge on any atom is 0.264 e. The van der Waals surface area contributed by atoms with E-state index in [0.717, 1.165) is 5.56 Å². The number of rotatable bonds is 8. The van der Waals surface area contributed by atoms with Gasteiger partial charge in [0.15, 0.2) is 0 Å². The molecule has 0 saturated heterocycles. The van der Waals surface area contributed by atoms with Gasteiger partial charge in [-0.05, 0) is 54.6 Å². The maximum absolute atomic E-state index is 13.5. The average molecular weight is 549 g/mol. The lowest BCUT2D eigenvalue weighted by atomic mass is 9.96. The largest absolute Gasteiger partial charge is 0.445 e. The molecule has 5 aromatic rings. The van der Waals surface area contributed by atoms with Crippen molar-refractivity contribution >= 4 is 33.2 Å². The highest BCUT2D eigenvalue weighted by Crippen LogP contribution is 2.35. The molecular weight excluding hydrogens is 524 g/mol. The molecule has 0 unspecified atom stereocenters. The molecule has 1 amide bonds. The summed E-state index contributed by atoms with van der Waals surface area (Å²) >= 11 is 1.45. The standard InChI is InChI=1S/C27H24N4O5S2/c1-17-18(2)29-36-25(17)30-38(33,34)24-7-5-4-6-23(24)22-9-8-19(26-28-11-12-35-26)14-21(22)15-31(3)27(32)20-10-13-37-16-20/h4-14,16,30H,15H2,1-3H3. The second kappa shape index (κ2) is 10.3. The quantitative estimate of drug-likeness (QED) is 0.262. The van der Waals surface area contributed by atoms with E-state index < -0.39 is 10.0 Å². The lowest BCUT2D eigenvalue weighted by Crippen LogP contribution is -2.26. The van der Waals surface area contributed by atoms with Gasteiger partial charge in [-0.2, -0.15) is 11.3 Å². The van der Waals surface area contributed by atoms with Crippen LogP contribution >= 0.6 is 11.3 Å². The fourth-order valence-corrected chi connectivity index (χ4v) is 5.93. The highest BCUT2D eigenvalue weighted by Gasteiger charge is 2.25. The van der Waals surface area contributed by atoms with Crippen LogP contribution in [-0.4, -0.2) is 36.4 Å². The van der Waals surface area contributed by atoms with Gasteiger partial charge >= 0.3 is 0 Å². The lowest BCUT2D eigenvalue weighted by molar-refractivity contribution is 0.0786. The SMILES string of the molecule is Cc1noc(NS(=O)(=O)c2ccccc2-c2ccc(-c3ncco3)cc2CN(C)C(=O)c2ccsc2)c1C. The molecule has 0 radical (unpaired) electrons. The van der Waals surface area contributed by atoms with E-state index in [4.69, 9.17) is 8.94 Å². The number of hydrogen-bond donors (Lipinski definition) is 1. The van der Waals surface area contributed by atoms with Crippen molar-refractivity contribution in [3.05, 3.63) is 94.1 Å². The number of benzene rings is 2. The highest BCUT2D eigenvalue weighted by atomic mass is 32.2. The number of nitrogens with one attached hydrogen (secondary N) is 1. The van der Waals surface area contributed by atoms with Gasteiger partial charge in [-0.15, -0.1) is 0 Å². The van der Waals surface area contributed by atoms with Gasteiger partial charge in [0.2, 0.25) is 11.8 Å². The van der Waals surface area contributed by atoms with E-state index in [9.17, 15) is 13.2 Å². The number of amides is 1. The number of carbonyl (C=O) groups is 1. The smallest absolute Gasteiger partial charge is 0.264 e. The van der Waals surface area contributed by atoms with Gasteiger partial charge in [0, 0.05) is 35.7 Å². The average Bonchev–Trinajstić information content (AvgIpc) is 3.69. The van der Waals surface area contributed by atoms with E-state index in [2.05, 4.69) is 14.9 Å². The zero-order chi connectivity index (χ0) is 26.9. The molecular formula is C27H24N4O5S2. The van der Waals surface area contributed by atoms with E-state index in [1.54, 1.807) is 61.6 Å². The van der Waals surface area contributed by atoms with Gasteiger partial charge in [-0.3, -0.25) is 4.79 Å². The van der Waals surface area contributed by atoms with Crippen LogP contribution in [0.15, 0.2) is 85.6 Å². The van der Waals surface area contributed by atoms with Crippen molar-refractivity contribution in [3.8, 4) is 22.6 Å². The van der Waals surface area contributed by atoms with Crippen LogP contribution in [0, 0.1) is 13.8 Å². The monoisotopic (exact) mass is 548 g/mol. The first-order valence-corrected chi connectivity index (χ1v) is 14.0. The molecule has 2 aromatic carbocycles. The van der Waals surface area contributed by atoms with Crippen LogP contribution in [0.3, 0.4) is 0 Å². The van der Waals surface area contributed by atoms with Crippen LogP contribution in [-0.2, 0) is 16.6 Å². The summed E-state index contributed by atoms with van der Waals surface area (Å²) in [4.78, 5) is 18.9. The lowest BCUT2D eigenvalue weighted by Gasteiger charge is -2.21. The molecule has 0 aliphatic heterocycles. The fourth-order valence-electron chi connectivity index (χ4n) is 4.03. The molecule has 38 heavy (non-hydrogen) atoms. The van der Waals surface area contributed by atoms with E-state index in [1.807, 2.05) is 23.6 Å². The second-order valence-corrected chi connectivity index (χ2v) is 11.1. The summed E-state index contributed by atoms with van der Waals surface area (Å²) in [5.74, 6) is 0.346. The minimum atomic E-state index is -4.05. The summed E-state index contributed by atoms with van der Waals surface area (Å²) in [6.45, 7) is 3.69. The fraction of sp³-hybridized carbons (Fsp3) is 0.148. The van der Waals surface area contributed by atoms with E-state index in [0.29, 0.717) is 39.4 Å². The van der Waals surface area contributed by atoms with Crippen LogP contribution in [0.4, 0.5) is 5.88 Å². The molecule has 5 rings (SSSR count). The predicted molar refractivity (Wildman–Crippen MR) is 144 cm³/mol. The van der Waals surface area contributed by atoms with Crippen molar-refractivity contribution in [2.24, 2.45) is 0 Å². The number of aromatic nitrogens is 2.